The molecular weight excluding hydrogens is 234 g/mol. The van der Waals surface area contributed by atoms with Crippen molar-refractivity contribution in [1.29, 1.82) is 0 Å². The lowest BCUT2D eigenvalue weighted by Gasteiger charge is -2.21. The Morgan fingerprint density at radius 3 is 2.41 bits per heavy atom. The lowest BCUT2D eigenvalue weighted by Crippen LogP contribution is -2.33. The first-order valence-corrected chi connectivity index (χ1v) is 7.19. The summed E-state index contributed by atoms with van der Waals surface area (Å²) in [7, 11) is -1.71. The van der Waals surface area contributed by atoms with Gasteiger partial charge in [0.15, 0.2) is 0 Å². The lowest BCUT2D eigenvalue weighted by molar-refractivity contribution is 0.386. The van der Waals surface area contributed by atoms with Crippen molar-refractivity contribution in [2.45, 2.75) is 26.3 Å². The standard InChI is InChI=1S/C13H19NO2S/c1-4-12(2)14(3)17(15,16)11-10-13-8-6-5-7-9-13/h5-12H,4H2,1-3H3. The molecule has 0 heterocycles. The van der Waals surface area contributed by atoms with E-state index >= 15 is 0 Å². The summed E-state index contributed by atoms with van der Waals surface area (Å²) in [5.41, 5.74) is 0.883. The fourth-order valence-electron chi connectivity index (χ4n) is 1.33. The van der Waals surface area contributed by atoms with Crippen LogP contribution >= 0.6 is 0 Å². The van der Waals surface area contributed by atoms with Crippen molar-refractivity contribution in [3.8, 4) is 0 Å². The van der Waals surface area contributed by atoms with E-state index in [1.165, 1.54) is 9.71 Å². The van der Waals surface area contributed by atoms with Gasteiger partial charge < -0.3 is 0 Å². The average Bonchev–Trinajstić information content (AvgIpc) is 2.36. The molecule has 0 saturated heterocycles. The molecule has 0 amide bonds. The van der Waals surface area contributed by atoms with Crippen LogP contribution in [-0.4, -0.2) is 25.8 Å². The van der Waals surface area contributed by atoms with E-state index in [9.17, 15) is 8.42 Å². The fourth-order valence-corrected chi connectivity index (χ4v) is 2.50. The summed E-state index contributed by atoms with van der Waals surface area (Å²) in [6.07, 6.45) is 2.42. The van der Waals surface area contributed by atoms with Gasteiger partial charge in [0.25, 0.3) is 0 Å². The van der Waals surface area contributed by atoms with Gasteiger partial charge in [-0.05, 0) is 25.0 Å². The number of rotatable bonds is 5. The van der Waals surface area contributed by atoms with Crippen molar-refractivity contribution >= 4 is 16.1 Å². The highest BCUT2D eigenvalue weighted by atomic mass is 32.2. The van der Waals surface area contributed by atoms with Gasteiger partial charge in [-0.1, -0.05) is 37.3 Å². The Kier molecular flexibility index (Phi) is 4.90. The highest BCUT2D eigenvalue weighted by Gasteiger charge is 2.18. The highest BCUT2D eigenvalue weighted by molar-refractivity contribution is 7.92. The molecule has 1 aromatic rings. The maximum Gasteiger partial charge on any atom is 0.236 e. The lowest BCUT2D eigenvalue weighted by atomic mass is 10.2. The van der Waals surface area contributed by atoms with Crippen LogP contribution in [0.3, 0.4) is 0 Å². The van der Waals surface area contributed by atoms with Crippen LogP contribution < -0.4 is 0 Å². The Labute approximate surface area is 104 Å². The molecule has 1 rings (SSSR count). The molecule has 1 atom stereocenters. The predicted molar refractivity (Wildman–Crippen MR) is 71.9 cm³/mol. The third kappa shape index (κ3) is 3.98. The Morgan fingerprint density at radius 2 is 1.88 bits per heavy atom. The molecule has 0 spiro atoms. The largest absolute Gasteiger partial charge is 0.236 e. The summed E-state index contributed by atoms with van der Waals surface area (Å²) < 4.78 is 25.3. The van der Waals surface area contributed by atoms with Crippen molar-refractivity contribution in [2.75, 3.05) is 7.05 Å². The molecular formula is C13H19NO2S. The van der Waals surface area contributed by atoms with Crippen LogP contribution in [0.5, 0.6) is 0 Å². The first-order valence-electron chi connectivity index (χ1n) is 5.68. The van der Waals surface area contributed by atoms with Crippen molar-refractivity contribution in [2.24, 2.45) is 0 Å². The molecule has 1 unspecified atom stereocenters. The van der Waals surface area contributed by atoms with Crippen LogP contribution in [0.25, 0.3) is 6.08 Å². The zero-order chi connectivity index (χ0) is 12.9. The van der Waals surface area contributed by atoms with E-state index in [-0.39, 0.29) is 6.04 Å². The number of benzene rings is 1. The maximum absolute atomic E-state index is 11.9. The molecule has 0 aliphatic rings. The molecule has 4 heteroatoms. The van der Waals surface area contributed by atoms with Gasteiger partial charge in [-0.25, -0.2) is 8.42 Å². The Morgan fingerprint density at radius 1 is 1.29 bits per heavy atom. The van der Waals surface area contributed by atoms with Crippen molar-refractivity contribution in [1.82, 2.24) is 4.31 Å². The summed E-state index contributed by atoms with van der Waals surface area (Å²) in [5, 5.41) is 1.26. The third-order valence-corrected chi connectivity index (χ3v) is 4.49. The Bertz CT molecular complexity index is 465. The van der Waals surface area contributed by atoms with E-state index in [2.05, 4.69) is 0 Å². The van der Waals surface area contributed by atoms with Crippen LogP contribution in [0, 0.1) is 0 Å². The van der Waals surface area contributed by atoms with Crippen LogP contribution in [-0.2, 0) is 10.0 Å². The molecule has 0 N–H and O–H groups in total. The van der Waals surface area contributed by atoms with Crippen molar-refractivity contribution in [3.05, 3.63) is 41.3 Å². The second-order valence-corrected chi connectivity index (χ2v) is 5.91. The van der Waals surface area contributed by atoms with Gasteiger partial charge in [0.1, 0.15) is 0 Å². The second-order valence-electron chi connectivity index (χ2n) is 4.03. The topological polar surface area (TPSA) is 37.4 Å². The maximum atomic E-state index is 11.9. The molecule has 0 fully saturated rings. The van der Waals surface area contributed by atoms with Gasteiger partial charge in [-0.15, -0.1) is 0 Å². The fraction of sp³-hybridized carbons (Fsp3) is 0.385. The van der Waals surface area contributed by atoms with Crippen molar-refractivity contribution < 1.29 is 8.42 Å². The molecule has 0 aliphatic carbocycles. The Hall–Kier alpha value is -1.13. The minimum atomic E-state index is -3.32. The molecule has 0 radical (unpaired) electrons. The van der Waals surface area contributed by atoms with E-state index < -0.39 is 10.0 Å². The van der Waals surface area contributed by atoms with Crippen LogP contribution in [0.4, 0.5) is 0 Å². The first kappa shape index (κ1) is 13.9. The molecule has 17 heavy (non-hydrogen) atoms. The number of nitrogens with zero attached hydrogens (tertiary/aromatic N) is 1. The second kappa shape index (κ2) is 5.98. The number of hydrogen-bond acceptors (Lipinski definition) is 2. The van der Waals surface area contributed by atoms with E-state index in [1.54, 1.807) is 13.1 Å². The van der Waals surface area contributed by atoms with Crippen LogP contribution in [0.15, 0.2) is 35.7 Å². The smallest absolute Gasteiger partial charge is 0.208 e. The molecule has 1 aromatic carbocycles. The average molecular weight is 253 g/mol. The zero-order valence-corrected chi connectivity index (χ0v) is 11.3. The van der Waals surface area contributed by atoms with Crippen LogP contribution in [0.2, 0.25) is 0 Å². The quantitative estimate of drug-likeness (QED) is 0.809. The van der Waals surface area contributed by atoms with E-state index in [4.69, 9.17) is 0 Å². The van der Waals surface area contributed by atoms with Gasteiger partial charge in [0.2, 0.25) is 10.0 Å². The number of sulfonamides is 1. The molecule has 0 saturated carbocycles. The van der Waals surface area contributed by atoms with Gasteiger partial charge in [-0.3, -0.25) is 0 Å². The highest BCUT2D eigenvalue weighted by Crippen LogP contribution is 2.11. The van der Waals surface area contributed by atoms with Gasteiger partial charge in [0.05, 0.1) is 0 Å². The summed E-state index contributed by atoms with van der Waals surface area (Å²) in [6.45, 7) is 3.87. The third-order valence-electron chi connectivity index (χ3n) is 2.84. The SMILES string of the molecule is CCC(C)N(C)S(=O)(=O)C=Cc1ccccc1. The monoisotopic (exact) mass is 253 g/mol. The summed E-state index contributed by atoms with van der Waals surface area (Å²) >= 11 is 0. The minimum absolute atomic E-state index is 0.0143. The zero-order valence-electron chi connectivity index (χ0n) is 10.5. The van der Waals surface area contributed by atoms with Crippen LogP contribution in [0.1, 0.15) is 25.8 Å². The Balaban J connectivity index is 2.84. The van der Waals surface area contributed by atoms with Gasteiger partial charge >= 0.3 is 0 Å². The molecule has 94 valence electrons. The summed E-state index contributed by atoms with van der Waals surface area (Å²) in [6, 6.07) is 9.41. The normalized spacial score (nSPS) is 14.4. The van der Waals surface area contributed by atoms with Gasteiger partial charge in [0, 0.05) is 18.5 Å². The summed E-state index contributed by atoms with van der Waals surface area (Å²) in [5.74, 6) is 0. The van der Waals surface area contributed by atoms with E-state index in [0.29, 0.717) is 0 Å². The van der Waals surface area contributed by atoms with E-state index in [0.717, 1.165) is 12.0 Å². The molecule has 3 nitrogen and oxygen atoms in total. The predicted octanol–water partition coefficient (Wildman–Crippen LogP) is 2.72. The van der Waals surface area contributed by atoms with Gasteiger partial charge in [-0.2, -0.15) is 4.31 Å². The molecule has 0 aliphatic heterocycles. The molecule has 0 aromatic heterocycles. The van der Waals surface area contributed by atoms with E-state index in [1.807, 2.05) is 44.2 Å². The minimum Gasteiger partial charge on any atom is -0.208 e. The first-order chi connectivity index (χ1) is 7.97. The molecule has 0 bridgehead atoms. The summed E-state index contributed by atoms with van der Waals surface area (Å²) in [4.78, 5) is 0. The number of hydrogen-bond donors (Lipinski definition) is 0. The van der Waals surface area contributed by atoms with Crippen molar-refractivity contribution in [3.63, 3.8) is 0 Å².